The van der Waals surface area contributed by atoms with E-state index < -0.39 is 6.04 Å². The maximum atomic E-state index is 12.2. The average Bonchev–Trinajstić information content (AvgIpc) is 2.45. The Bertz CT molecular complexity index is 341. The largest absolute Gasteiger partial charge is 0.378 e. The Kier molecular flexibility index (Phi) is 7.67. The third-order valence-corrected chi connectivity index (χ3v) is 3.68. The molecule has 0 aliphatic carbocycles. The molecule has 0 saturated carbocycles. The quantitative estimate of drug-likeness (QED) is 0.711. The minimum Gasteiger partial charge on any atom is -0.378 e. The van der Waals surface area contributed by atoms with Crippen molar-refractivity contribution in [2.24, 2.45) is 17.6 Å². The highest BCUT2D eigenvalue weighted by Crippen LogP contribution is 2.14. The summed E-state index contributed by atoms with van der Waals surface area (Å²) in [5.74, 6) is 0.550. The minimum atomic E-state index is -0.493. The number of carbonyl (C=O) groups excluding carboxylic acids is 2. The molecule has 3 N–H and O–H groups in total. The molecule has 0 radical (unpaired) electrons. The highest BCUT2D eigenvalue weighted by Gasteiger charge is 2.24. The molecule has 2 atom stereocenters. The van der Waals surface area contributed by atoms with Gasteiger partial charge in [-0.2, -0.15) is 0 Å². The fourth-order valence-corrected chi connectivity index (χ4v) is 2.61. The summed E-state index contributed by atoms with van der Waals surface area (Å²) in [5, 5.41) is 2.79. The number of carbonyl (C=O) groups is 2. The summed E-state index contributed by atoms with van der Waals surface area (Å²) < 4.78 is 5.22. The zero-order valence-electron chi connectivity index (χ0n) is 13.4. The van der Waals surface area contributed by atoms with Crippen molar-refractivity contribution in [3.05, 3.63) is 0 Å². The molecule has 2 amide bonds. The second-order valence-corrected chi connectivity index (χ2v) is 6.16. The first-order chi connectivity index (χ1) is 9.93. The van der Waals surface area contributed by atoms with E-state index in [0.717, 1.165) is 6.42 Å². The summed E-state index contributed by atoms with van der Waals surface area (Å²) in [4.78, 5) is 26.0. The fraction of sp³-hybridized carbons (Fsp3) is 0.867. The highest BCUT2D eigenvalue weighted by atomic mass is 16.5. The predicted molar refractivity (Wildman–Crippen MR) is 81.6 cm³/mol. The molecule has 21 heavy (non-hydrogen) atoms. The van der Waals surface area contributed by atoms with Crippen LogP contribution in [-0.2, 0) is 14.3 Å². The number of hydrogen-bond donors (Lipinski definition) is 2. The summed E-state index contributed by atoms with van der Waals surface area (Å²) >= 11 is 0. The van der Waals surface area contributed by atoms with Crippen molar-refractivity contribution < 1.29 is 14.3 Å². The number of ether oxygens (including phenoxy) is 1. The Morgan fingerprint density at radius 3 is 2.38 bits per heavy atom. The van der Waals surface area contributed by atoms with E-state index in [2.05, 4.69) is 19.2 Å². The van der Waals surface area contributed by atoms with Crippen LogP contribution in [0.15, 0.2) is 0 Å². The van der Waals surface area contributed by atoms with Crippen LogP contribution in [0.1, 0.15) is 33.6 Å². The van der Waals surface area contributed by atoms with Gasteiger partial charge >= 0.3 is 0 Å². The van der Waals surface area contributed by atoms with E-state index in [1.807, 2.05) is 0 Å². The zero-order valence-corrected chi connectivity index (χ0v) is 13.4. The molecular weight excluding hydrogens is 270 g/mol. The van der Waals surface area contributed by atoms with Gasteiger partial charge in [-0.15, -0.1) is 0 Å². The number of rotatable bonds is 7. The molecule has 1 heterocycles. The molecule has 2 unspecified atom stereocenters. The lowest BCUT2D eigenvalue weighted by atomic mass is 9.94. The van der Waals surface area contributed by atoms with E-state index in [4.69, 9.17) is 10.5 Å². The first kappa shape index (κ1) is 17.9. The molecule has 6 nitrogen and oxygen atoms in total. The summed E-state index contributed by atoms with van der Waals surface area (Å²) in [7, 11) is 0. The van der Waals surface area contributed by atoms with E-state index in [1.54, 1.807) is 11.8 Å². The monoisotopic (exact) mass is 299 g/mol. The van der Waals surface area contributed by atoms with Crippen molar-refractivity contribution in [1.82, 2.24) is 10.2 Å². The van der Waals surface area contributed by atoms with Gasteiger partial charge in [-0.1, -0.05) is 13.8 Å². The van der Waals surface area contributed by atoms with Crippen molar-refractivity contribution in [2.75, 3.05) is 32.8 Å². The summed E-state index contributed by atoms with van der Waals surface area (Å²) in [5.41, 5.74) is 5.71. The number of nitrogens with one attached hydrogen (secondary N) is 1. The van der Waals surface area contributed by atoms with Crippen molar-refractivity contribution in [1.29, 1.82) is 0 Å². The van der Waals surface area contributed by atoms with Crippen LogP contribution in [0.5, 0.6) is 0 Å². The lowest BCUT2D eigenvalue weighted by Gasteiger charge is -2.29. The molecule has 1 aliphatic rings. The molecule has 1 fully saturated rings. The molecule has 1 saturated heterocycles. The summed E-state index contributed by atoms with van der Waals surface area (Å²) in [6.07, 6.45) is 1.31. The second kappa shape index (κ2) is 9.00. The lowest BCUT2D eigenvalue weighted by Crippen LogP contribution is -2.50. The van der Waals surface area contributed by atoms with Gasteiger partial charge in [0.25, 0.3) is 0 Å². The van der Waals surface area contributed by atoms with E-state index in [9.17, 15) is 9.59 Å². The van der Waals surface area contributed by atoms with Crippen molar-refractivity contribution in [2.45, 2.75) is 39.7 Å². The first-order valence-corrected chi connectivity index (χ1v) is 7.80. The fourth-order valence-electron chi connectivity index (χ4n) is 2.61. The van der Waals surface area contributed by atoms with Crippen LogP contribution in [0.4, 0.5) is 0 Å². The molecule has 0 aromatic rings. The van der Waals surface area contributed by atoms with Gasteiger partial charge in [0.15, 0.2) is 0 Å². The minimum absolute atomic E-state index is 0.0418. The molecule has 0 aromatic heterocycles. The maximum absolute atomic E-state index is 12.2. The van der Waals surface area contributed by atoms with Crippen LogP contribution >= 0.6 is 0 Å². The Labute approximate surface area is 127 Å². The Hall–Kier alpha value is -1.14. The zero-order chi connectivity index (χ0) is 15.8. The Balaban J connectivity index is 2.39. The Morgan fingerprint density at radius 2 is 1.86 bits per heavy atom. The van der Waals surface area contributed by atoms with Crippen molar-refractivity contribution >= 4 is 11.8 Å². The molecule has 1 rings (SSSR count). The number of amides is 2. The van der Waals surface area contributed by atoms with Crippen LogP contribution in [-0.4, -0.2) is 55.6 Å². The Morgan fingerprint density at radius 1 is 1.24 bits per heavy atom. The topological polar surface area (TPSA) is 84.7 Å². The summed E-state index contributed by atoms with van der Waals surface area (Å²) in [6, 6.07) is -0.493. The standard InChI is InChI=1S/C15H29N3O3/c1-11(2)8-13(10-16)9-14(19)17-12(3)15(20)18-4-6-21-7-5-18/h11-13H,4-10,16H2,1-3H3,(H,17,19). The third kappa shape index (κ3) is 6.44. The van der Waals surface area contributed by atoms with Gasteiger partial charge in [-0.3, -0.25) is 9.59 Å². The number of nitrogens with zero attached hydrogens (tertiary/aromatic N) is 1. The van der Waals surface area contributed by atoms with Gasteiger partial charge in [-0.05, 0) is 31.7 Å². The van der Waals surface area contributed by atoms with Gasteiger partial charge in [-0.25, -0.2) is 0 Å². The highest BCUT2D eigenvalue weighted by molar-refractivity contribution is 5.87. The van der Waals surface area contributed by atoms with Gasteiger partial charge in [0.1, 0.15) is 6.04 Å². The molecular formula is C15H29N3O3. The number of morpholine rings is 1. The maximum Gasteiger partial charge on any atom is 0.245 e. The van der Waals surface area contributed by atoms with E-state index in [-0.39, 0.29) is 17.7 Å². The van der Waals surface area contributed by atoms with Gasteiger partial charge in [0.05, 0.1) is 13.2 Å². The average molecular weight is 299 g/mol. The first-order valence-electron chi connectivity index (χ1n) is 7.80. The summed E-state index contributed by atoms with van der Waals surface area (Å²) in [6.45, 7) is 8.78. The van der Waals surface area contributed by atoms with E-state index >= 15 is 0 Å². The molecule has 0 bridgehead atoms. The van der Waals surface area contributed by atoms with Crippen LogP contribution in [0, 0.1) is 11.8 Å². The lowest BCUT2D eigenvalue weighted by molar-refractivity contribution is -0.139. The van der Waals surface area contributed by atoms with Crippen molar-refractivity contribution in [3.63, 3.8) is 0 Å². The molecule has 122 valence electrons. The van der Waals surface area contributed by atoms with Gasteiger partial charge < -0.3 is 20.7 Å². The molecule has 0 spiro atoms. The van der Waals surface area contributed by atoms with Crippen LogP contribution in [0.2, 0.25) is 0 Å². The SMILES string of the molecule is CC(C)CC(CN)CC(=O)NC(C)C(=O)N1CCOCC1. The van der Waals surface area contributed by atoms with Crippen LogP contribution in [0.25, 0.3) is 0 Å². The van der Waals surface area contributed by atoms with Gasteiger partial charge in [0, 0.05) is 19.5 Å². The van der Waals surface area contributed by atoms with Gasteiger partial charge in [0.2, 0.25) is 11.8 Å². The molecule has 1 aliphatic heterocycles. The third-order valence-electron chi connectivity index (χ3n) is 3.68. The number of nitrogens with two attached hydrogens (primary N) is 1. The van der Waals surface area contributed by atoms with Crippen LogP contribution in [0.3, 0.4) is 0 Å². The van der Waals surface area contributed by atoms with Crippen LogP contribution < -0.4 is 11.1 Å². The normalized spacial score (nSPS) is 18.4. The smallest absolute Gasteiger partial charge is 0.245 e. The van der Waals surface area contributed by atoms with E-state index in [0.29, 0.717) is 45.2 Å². The second-order valence-electron chi connectivity index (χ2n) is 6.16. The predicted octanol–water partition coefficient (Wildman–Crippen LogP) is 0.361. The molecule has 6 heteroatoms. The van der Waals surface area contributed by atoms with Crippen molar-refractivity contribution in [3.8, 4) is 0 Å². The number of hydrogen-bond acceptors (Lipinski definition) is 4. The molecule has 0 aromatic carbocycles. The van der Waals surface area contributed by atoms with E-state index in [1.165, 1.54) is 0 Å².